The fourth-order valence-electron chi connectivity index (χ4n) is 3.29. The van der Waals surface area contributed by atoms with Crippen LogP contribution in [-0.4, -0.2) is 38.6 Å². The van der Waals surface area contributed by atoms with E-state index in [4.69, 9.17) is 11.1 Å². The number of carbonyl (C=O) groups is 1. The van der Waals surface area contributed by atoms with Gasteiger partial charge < -0.3 is 31.5 Å². The maximum absolute atomic E-state index is 13.0. The zero-order valence-electron chi connectivity index (χ0n) is 15.7. The van der Waals surface area contributed by atoms with Crippen LogP contribution in [0.25, 0.3) is 21.9 Å². The molecule has 0 atom stereocenters. The summed E-state index contributed by atoms with van der Waals surface area (Å²) in [5, 5.41) is 21.3. The van der Waals surface area contributed by atoms with Gasteiger partial charge in [-0.3, -0.25) is 4.79 Å². The second kappa shape index (κ2) is 7.25. The number of Topliss-reactive ketones (excluding diaryl/α,β-unsaturated/α-hetero) is 1. The van der Waals surface area contributed by atoms with Gasteiger partial charge in [0.2, 0.25) is 5.78 Å². The van der Waals surface area contributed by atoms with Crippen LogP contribution in [0.5, 0.6) is 5.75 Å². The van der Waals surface area contributed by atoms with Crippen LogP contribution in [0, 0.1) is 12.3 Å². The van der Waals surface area contributed by atoms with Crippen LogP contribution < -0.4 is 11.1 Å². The molecule has 0 fully saturated rings. The highest BCUT2D eigenvalue weighted by Crippen LogP contribution is 2.23. The van der Waals surface area contributed by atoms with Gasteiger partial charge in [0.05, 0.1) is 22.3 Å². The summed E-state index contributed by atoms with van der Waals surface area (Å²) in [6.45, 7) is 1.93. The number of H-pyrrole nitrogens is 2. The zero-order chi connectivity index (χ0) is 20.5. The van der Waals surface area contributed by atoms with Crippen molar-refractivity contribution in [2.24, 2.45) is 5.73 Å². The van der Waals surface area contributed by atoms with Crippen molar-refractivity contribution >= 4 is 39.6 Å². The molecule has 146 valence electrons. The van der Waals surface area contributed by atoms with E-state index in [1.54, 1.807) is 24.3 Å². The molecule has 2 heterocycles. The third kappa shape index (κ3) is 3.48. The number of rotatable bonds is 6. The number of ketones is 1. The Labute approximate surface area is 166 Å². The van der Waals surface area contributed by atoms with E-state index in [0.717, 1.165) is 34.1 Å². The second-order valence-corrected chi connectivity index (χ2v) is 6.70. The van der Waals surface area contributed by atoms with Crippen LogP contribution in [0.2, 0.25) is 0 Å². The predicted molar refractivity (Wildman–Crippen MR) is 114 cm³/mol. The number of phenols is 1. The van der Waals surface area contributed by atoms with Crippen molar-refractivity contribution in [2.75, 3.05) is 11.9 Å². The van der Waals surface area contributed by atoms with Gasteiger partial charge >= 0.3 is 0 Å². The first-order chi connectivity index (χ1) is 14.0. The second-order valence-electron chi connectivity index (χ2n) is 6.70. The molecule has 8 nitrogen and oxygen atoms in total. The summed E-state index contributed by atoms with van der Waals surface area (Å²) in [5.74, 6) is 0.557. The quantitative estimate of drug-likeness (QED) is 0.171. The molecule has 0 amide bonds. The lowest BCUT2D eigenvalue weighted by Gasteiger charge is -2.12. The standard InChI is InChI=1S/C21H20N6O2/c1-11-24-16-5-3-13(7-18(16)25-11)26-20(10-23)15(9-22)21(29)19-6-12-2-4-14(28)8-17(12)27-19/h2-9,22,26-28H,10,23H2,1H3,(H,24,25)/b20-15+,22-9?. The van der Waals surface area contributed by atoms with Crippen molar-refractivity contribution < 1.29 is 9.90 Å². The Morgan fingerprint density at radius 3 is 2.79 bits per heavy atom. The Hall–Kier alpha value is -3.91. The number of anilines is 1. The monoisotopic (exact) mass is 388 g/mol. The lowest BCUT2D eigenvalue weighted by atomic mass is 10.1. The van der Waals surface area contributed by atoms with E-state index in [1.807, 2.05) is 25.1 Å². The summed E-state index contributed by atoms with van der Waals surface area (Å²) in [4.78, 5) is 23.6. The third-order valence-corrected chi connectivity index (χ3v) is 4.67. The van der Waals surface area contributed by atoms with Gasteiger partial charge in [-0.25, -0.2) is 4.98 Å². The molecule has 29 heavy (non-hydrogen) atoms. The summed E-state index contributed by atoms with van der Waals surface area (Å²) in [6, 6.07) is 12.1. The van der Waals surface area contributed by atoms with Gasteiger partial charge in [0, 0.05) is 41.1 Å². The molecule has 0 saturated carbocycles. The van der Waals surface area contributed by atoms with E-state index >= 15 is 0 Å². The SMILES string of the molecule is Cc1nc2cc(N/C(CN)=C(\C=N)C(=O)c3cc4ccc(O)cc4[nH]3)ccc2[nH]1. The van der Waals surface area contributed by atoms with Crippen LogP contribution in [0.4, 0.5) is 5.69 Å². The number of aromatic hydroxyl groups is 1. The first-order valence-corrected chi connectivity index (χ1v) is 9.02. The summed E-state index contributed by atoms with van der Waals surface area (Å²) in [5.41, 5.74) is 9.85. The molecule has 0 bridgehead atoms. The number of hydrogen-bond donors (Lipinski definition) is 6. The number of aryl methyl sites for hydroxylation is 1. The molecular formula is C21H20N6O2. The molecule has 0 saturated heterocycles. The van der Waals surface area contributed by atoms with Crippen molar-refractivity contribution in [1.82, 2.24) is 15.0 Å². The van der Waals surface area contributed by atoms with Gasteiger partial charge in [-0.2, -0.15) is 0 Å². The maximum atomic E-state index is 13.0. The Kier molecular flexibility index (Phi) is 4.61. The molecule has 0 spiro atoms. The van der Waals surface area contributed by atoms with E-state index in [-0.39, 0.29) is 23.7 Å². The topological polar surface area (TPSA) is 144 Å². The van der Waals surface area contributed by atoms with Gasteiger partial charge in [0.1, 0.15) is 11.6 Å². The minimum atomic E-state index is -0.361. The van der Waals surface area contributed by atoms with Crippen molar-refractivity contribution in [3.8, 4) is 5.75 Å². The Bertz CT molecular complexity index is 1280. The zero-order valence-corrected chi connectivity index (χ0v) is 15.7. The molecule has 4 rings (SSSR count). The Morgan fingerprint density at radius 1 is 1.21 bits per heavy atom. The fraction of sp³-hybridized carbons (Fsp3) is 0.0952. The van der Waals surface area contributed by atoms with E-state index < -0.39 is 0 Å². The molecule has 0 aliphatic carbocycles. The van der Waals surface area contributed by atoms with E-state index in [0.29, 0.717) is 16.9 Å². The van der Waals surface area contributed by atoms with Gasteiger partial charge in [0.15, 0.2) is 0 Å². The molecule has 8 heteroatoms. The molecule has 7 N–H and O–H groups in total. The summed E-state index contributed by atoms with van der Waals surface area (Å²) < 4.78 is 0. The number of fused-ring (bicyclic) bond motifs is 2. The number of nitrogens with one attached hydrogen (secondary N) is 4. The number of nitrogens with two attached hydrogens (primary N) is 1. The summed E-state index contributed by atoms with van der Waals surface area (Å²) >= 11 is 0. The van der Waals surface area contributed by atoms with Crippen LogP contribution in [-0.2, 0) is 0 Å². The Morgan fingerprint density at radius 2 is 2.03 bits per heavy atom. The maximum Gasteiger partial charge on any atom is 0.212 e. The highest BCUT2D eigenvalue weighted by atomic mass is 16.3. The van der Waals surface area contributed by atoms with E-state index in [1.165, 1.54) is 0 Å². The molecule has 0 radical (unpaired) electrons. The number of carbonyl (C=O) groups excluding carboxylic acids is 1. The smallest absolute Gasteiger partial charge is 0.212 e. The van der Waals surface area contributed by atoms with Gasteiger partial charge in [-0.15, -0.1) is 0 Å². The van der Waals surface area contributed by atoms with E-state index in [9.17, 15) is 9.90 Å². The van der Waals surface area contributed by atoms with Crippen molar-refractivity contribution in [2.45, 2.75) is 6.92 Å². The fourth-order valence-corrected chi connectivity index (χ4v) is 3.29. The average molecular weight is 388 g/mol. The predicted octanol–water partition coefficient (Wildman–Crippen LogP) is 3.22. The molecule has 2 aromatic heterocycles. The summed E-state index contributed by atoms with van der Waals surface area (Å²) in [7, 11) is 0. The van der Waals surface area contributed by atoms with Crippen LogP contribution in [0.1, 0.15) is 16.3 Å². The van der Waals surface area contributed by atoms with Gasteiger partial charge in [-0.05, 0) is 43.3 Å². The first kappa shape index (κ1) is 18.5. The highest BCUT2D eigenvalue weighted by Gasteiger charge is 2.18. The Balaban J connectivity index is 1.70. The van der Waals surface area contributed by atoms with Crippen molar-refractivity contribution in [1.29, 1.82) is 5.41 Å². The number of imidazole rings is 1. The third-order valence-electron chi connectivity index (χ3n) is 4.67. The molecule has 4 aromatic rings. The van der Waals surface area contributed by atoms with E-state index in [2.05, 4.69) is 20.3 Å². The molecule has 0 unspecified atom stereocenters. The normalized spacial score (nSPS) is 12.2. The molecular weight excluding hydrogens is 368 g/mol. The lowest BCUT2D eigenvalue weighted by molar-refractivity contribution is 0.103. The number of allylic oxidation sites excluding steroid dienone is 1. The summed E-state index contributed by atoms with van der Waals surface area (Å²) in [6.07, 6.45) is 0.998. The number of nitrogens with zero attached hydrogens (tertiary/aromatic N) is 1. The number of aromatic amines is 2. The number of phenolic OH excluding ortho intramolecular Hbond substituents is 1. The minimum Gasteiger partial charge on any atom is -0.508 e. The molecule has 2 aromatic carbocycles. The van der Waals surface area contributed by atoms with Crippen LogP contribution >= 0.6 is 0 Å². The average Bonchev–Trinajstić information content (AvgIpc) is 3.29. The van der Waals surface area contributed by atoms with Gasteiger partial charge in [-0.1, -0.05) is 0 Å². The minimum absolute atomic E-state index is 0.0507. The first-order valence-electron chi connectivity index (χ1n) is 9.02. The highest BCUT2D eigenvalue weighted by molar-refractivity contribution is 6.21. The molecule has 0 aliphatic rings. The van der Waals surface area contributed by atoms with Crippen LogP contribution in [0.15, 0.2) is 53.7 Å². The van der Waals surface area contributed by atoms with Crippen LogP contribution in [0.3, 0.4) is 0 Å². The largest absolute Gasteiger partial charge is 0.508 e. The van der Waals surface area contributed by atoms with Gasteiger partial charge in [0.25, 0.3) is 0 Å². The van der Waals surface area contributed by atoms with Crippen molar-refractivity contribution in [3.63, 3.8) is 0 Å². The van der Waals surface area contributed by atoms with Crippen molar-refractivity contribution in [3.05, 3.63) is 65.3 Å². The number of aromatic nitrogens is 3. The molecule has 0 aliphatic heterocycles. The number of benzene rings is 2. The number of hydrogen-bond acceptors (Lipinski definition) is 6. The lowest BCUT2D eigenvalue weighted by Crippen LogP contribution is -2.19.